The van der Waals surface area contributed by atoms with Gasteiger partial charge in [-0.05, 0) is 62.0 Å². The summed E-state index contributed by atoms with van der Waals surface area (Å²) in [4.78, 5) is 2.29. The molecule has 0 radical (unpaired) electrons. The van der Waals surface area contributed by atoms with Crippen molar-refractivity contribution in [1.29, 1.82) is 0 Å². The van der Waals surface area contributed by atoms with E-state index < -0.39 is 10.0 Å². The van der Waals surface area contributed by atoms with Gasteiger partial charge in [0.05, 0.1) is 11.5 Å². The van der Waals surface area contributed by atoms with Crippen molar-refractivity contribution in [2.24, 2.45) is 0 Å². The van der Waals surface area contributed by atoms with Crippen LogP contribution in [0.3, 0.4) is 0 Å². The Morgan fingerprint density at radius 2 is 1.71 bits per heavy atom. The fourth-order valence-corrected chi connectivity index (χ4v) is 4.78. The molecule has 2 aromatic carbocycles. The number of thiocarbonyl (C=S) groups is 1. The Hall–Kier alpha value is -2.16. The fraction of sp³-hybridized carbons (Fsp3) is 0.350. The molecule has 0 aromatic heterocycles. The molecule has 1 N–H and O–H groups in total. The van der Waals surface area contributed by atoms with Gasteiger partial charge in [-0.25, -0.2) is 8.42 Å². The number of aryl methyl sites for hydroxylation is 1. The van der Waals surface area contributed by atoms with E-state index in [0.29, 0.717) is 43.6 Å². The Morgan fingerprint density at radius 1 is 1.07 bits per heavy atom. The van der Waals surface area contributed by atoms with Crippen LogP contribution in [-0.4, -0.2) is 55.5 Å². The van der Waals surface area contributed by atoms with Crippen molar-refractivity contribution < 1.29 is 13.2 Å². The molecule has 1 heterocycles. The van der Waals surface area contributed by atoms with Crippen LogP contribution in [0.1, 0.15) is 12.5 Å². The molecule has 6 nitrogen and oxygen atoms in total. The van der Waals surface area contributed by atoms with Crippen LogP contribution in [0, 0.1) is 6.92 Å². The number of nitrogens with one attached hydrogen (secondary N) is 1. The predicted molar refractivity (Wildman–Crippen MR) is 115 cm³/mol. The van der Waals surface area contributed by atoms with Gasteiger partial charge in [0.1, 0.15) is 5.75 Å². The summed E-state index contributed by atoms with van der Waals surface area (Å²) in [5.41, 5.74) is 2.08. The van der Waals surface area contributed by atoms with Crippen LogP contribution < -0.4 is 10.1 Å². The Kier molecular flexibility index (Phi) is 6.53. The summed E-state index contributed by atoms with van der Waals surface area (Å²) in [6.07, 6.45) is 0. The maximum Gasteiger partial charge on any atom is 0.243 e. The number of piperazine rings is 1. The lowest BCUT2D eigenvalue weighted by Crippen LogP contribution is -2.51. The van der Waals surface area contributed by atoms with E-state index in [4.69, 9.17) is 17.0 Å². The maximum absolute atomic E-state index is 12.9. The summed E-state index contributed by atoms with van der Waals surface area (Å²) in [5, 5.41) is 3.88. The predicted octanol–water partition coefficient (Wildman–Crippen LogP) is 3.10. The molecular weight excluding hydrogens is 394 g/mol. The minimum absolute atomic E-state index is 0.282. The molecule has 2 aromatic rings. The summed E-state index contributed by atoms with van der Waals surface area (Å²) in [6.45, 7) is 6.34. The highest BCUT2D eigenvalue weighted by atomic mass is 32.2. The third kappa shape index (κ3) is 4.63. The van der Waals surface area contributed by atoms with Gasteiger partial charge in [0, 0.05) is 31.9 Å². The first-order valence-corrected chi connectivity index (χ1v) is 11.1. The first-order valence-electron chi connectivity index (χ1n) is 9.26. The number of ether oxygens (including phenoxy) is 1. The Morgan fingerprint density at radius 3 is 2.32 bits per heavy atom. The average molecular weight is 420 g/mol. The molecule has 1 saturated heterocycles. The minimum atomic E-state index is -3.52. The van der Waals surface area contributed by atoms with E-state index in [1.54, 1.807) is 24.3 Å². The molecule has 3 rings (SSSR count). The normalized spacial score (nSPS) is 15.3. The number of hydrogen-bond acceptors (Lipinski definition) is 4. The summed E-state index contributed by atoms with van der Waals surface area (Å²) in [6, 6.07) is 14.5. The lowest BCUT2D eigenvalue weighted by molar-refractivity contribution is 0.268. The van der Waals surface area contributed by atoms with Crippen molar-refractivity contribution in [1.82, 2.24) is 9.21 Å². The van der Waals surface area contributed by atoms with Crippen LogP contribution in [0.15, 0.2) is 53.4 Å². The SMILES string of the molecule is CCOc1ccc(S(=O)(=O)N2CCN(C(=S)Nc3ccccc3C)CC2)cc1. The van der Waals surface area contributed by atoms with E-state index in [2.05, 4.69) is 5.32 Å². The summed E-state index contributed by atoms with van der Waals surface area (Å²) < 4.78 is 32.7. The second-order valence-corrected chi connectivity index (χ2v) is 8.87. The standard InChI is InChI=1S/C20H25N3O3S2/c1-3-26-17-8-10-18(11-9-17)28(24,25)23-14-12-22(13-15-23)20(27)21-19-7-5-4-6-16(19)2/h4-11H,3,12-15H2,1-2H3,(H,21,27). The molecule has 8 heteroatoms. The molecule has 0 spiro atoms. The topological polar surface area (TPSA) is 61.9 Å². The highest BCUT2D eigenvalue weighted by Crippen LogP contribution is 2.21. The van der Waals surface area contributed by atoms with Crippen LogP contribution >= 0.6 is 12.2 Å². The number of anilines is 1. The molecular formula is C20H25N3O3S2. The Balaban J connectivity index is 1.61. The zero-order valence-electron chi connectivity index (χ0n) is 16.1. The van der Waals surface area contributed by atoms with Crippen molar-refractivity contribution in [3.8, 4) is 5.75 Å². The number of hydrogen-bond donors (Lipinski definition) is 1. The monoisotopic (exact) mass is 419 g/mol. The zero-order chi connectivity index (χ0) is 20.1. The summed E-state index contributed by atoms with van der Waals surface area (Å²) in [5.74, 6) is 0.666. The van der Waals surface area contributed by atoms with E-state index in [1.165, 1.54) is 4.31 Å². The van der Waals surface area contributed by atoms with Crippen LogP contribution in [0.4, 0.5) is 5.69 Å². The number of nitrogens with zero attached hydrogens (tertiary/aromatic N) is 2. The van der Waals surface area contributed by atoms with E-state index in [0.717, 1.165) is 11.3 Å². The van der Waals surface area contributed by atoms with Gasteiger partial charge < -0.3 is 15.0 Å². The van der Waals surface area contributed by atoms with Gasteiger partial charge in [0.25, 0.3) is 0 Å². The molecule has 0 saturated carbocycles. The summed E-state index contributed by atoms with van der Waals surface area (Å²) >= 11 is 5.51. The molecule has 0 unspecified atom stereocenters. The second-order valence-electron chi connectivity index (χ2n) is 6.54. The zero-order valence-corrected chi connectivity index (χ0v) is 17.7. The molecule has 1 aliphatic rings. The van der Waals surface area contributed by atoms with Crippen molar-refractivity contribution in [3.05, 3.63) is 54.1 Å². The van der Waals surface area contributed by atoms with Crippen LogP contribution in [0.25, 0.3) is 0 Å². The quantitative estimate of drug-likeness (QED) is 0.752. The third-order valence-electron chi connectivity index (χ3n) is 4.69. The van der Waals surface area contributed by atoms with Crippen molar-refractivity contribution in [3.63, 3.8) is 0 Å². The molecule has 1 aliphatic heterocycles. The molecule has 0 bridgehead atoms. The van der Waals surface area contributed by atoms with Gasteiger partial charge in [0.15, 0.2) is 5.11 Å². The first kappa shape index (κ1) is 20.6. The lowest BCUT2D eigenvalue weighted by atomic mass is 10.2. The Bertz CT molecular complexity index is 922. The molecule has 1 fully saturated rings. The Labute approximate surface area is 172 Å². The largest absolute Gasteiger partial charge is 0.494 e. The molecule has 0 amide bonds. The van der Waals surface area contributed by atoms with E-state index >= 15 is 0 Å². The second kappa shape index (κ2) is 8.89. The molecule has 0 aliphatic carbocycles. The van der Waals surface area contributed by atoms with E-state index in [9.17, 15) is 8.42 Å². The summed E-state index contributed by atoms with van der Waals surface area (Å²) in [7, 11) is -3.52. The van der Waals surface area contributed by atoms with Crippen molar-refractivity contribution >= 4 is 33.0 Å². The number of sulfonamides is 1. The van der Waals surface area contributed by atoms with Gasteiger partial charge in [-0.2, -0.15) is 4.31 Å². The van der Waals surface area contributed by atoms with Gasteiger partial charge in [-0.15, -0.1) is 0 Å². The first-order chi connectivity index (χ1) is 13.4. The van der Waals surface area contributed by atoms with E-state index in [-0.39, 0.29) is 4.90 Å². The number of benzene rings is 2. The highest BCUT2D eigenvalue weighted by Gasteiger charge is 2.29. The van der Waals surface area contributed by atoms with Gasteiger partial charge in [-0.3, -0.25) is 0 Å². The van der Waals surface area contributed by atoms with Crippen LogP contribution in [0.5, 0.6) is 5.75 Å². The molecule has 0 atom stereocenters. The lowest BCUT2D eigenvalue weighted by Gasteiger charge is -2.35. The average Bonchev–Trinajstić information content (AvgIpc) is 2.70. The highest BCUT2D eigenvalue weighted by molar-refractivity contribution is 7.89. The molecule has 150 valence electrons. The van der Waals surface area contributed by atoms with Crippen LogP contribution in [-0.2, 0) is 10.0 Å². The number of para-hydroxylation sites is 1. The van der Waals surface area contributed by atoms with Crippen LogP contribution in [0.2, 0.25) is 0 Å². The van der Waals surface area contributed by atoms with Gasteiger partial charge in [-0.1, -0.05) is 18.2 Å². The fourth-order valence-electron chi connectivity index (χ4n) is 3.06. The minimum Gasteiger partial charge on any atom is -0.494 e. The molecule has 28 heavy (non-hydrogen) atoms. The third-order valence-corrected chi connectivity index (χ3v) is 6.96. The smallest absolute Gasteiger partial charge is 0.243 e. The maximum atomic E-state index is 12.9. The number of rotatable bonds is 5. The van der Waals surface area contributed by atoms with E-state index in [1.807, 2.05) is 43.0 Å². The van der Waals surface area contributed by atoms with Crippen molar-refractivity contribution in [2.75, 3.05) is 38.1 Å². The van der Waals surface area contributed by atoms with Gasteiger partial charge >= 0.3 is 0 Å². The van der Waals surface area contributed by atoms with Crippen molar-refractivity contribution in [2.45, 2.75) is 18.7 Å². The van der Waals surface area contributed by atoms with Gasteiger partial charge in [0.2, 0.25) is 10.0 Å².